The van der Waals surface area contributed by atoms with E-state index in [1.165, 1.54) is 6.07 Å². The normalized spacial score (nSPS) is 11.8. The van der Waals surface area contributed by atoms with Crippen molar-refractivity contribution in [2.75, 3.05) is 5.32 Å². The van der Waals surface area contributed by atoms with Crippen molar-refractivity contribution in [1.29, 1.82) is 0 Å². The Kier molecular flexibility index (Phi) is 6.18. The maximum atomic E-state index is 13.6. The molecule has 0 radical (unpaired) electrons. The number of anilines is 1. The lowest BCUT2D eigenvalue weighted by Gasteiger charge is -2.19. The van der Waals surface area contributed by atoms with Crippen LogP contribution in [0.4, 0.5) is 14.5 Å². The first-order valence-corrected chi connectivity index (χ1v) is 10.2. The summed E-state index contributed by atoms with van der Waals surface area (Å²) in [5, 5.41) is 6.40. The zero-order valence-corrected chi connectivity index (χ0v) is 17.4. The summed E-state index contributed by atoms with van der Waals surface area (Å²) in [6.45, 7) is 0. The Morgan fingerprint density at radius 3 is 2.50 bits per heavy atom. The number of rotatable bonds is 6. The number of aromatic nitrogens is 1. The summed E-state index contributed by atoms with van der Waals surface area (Å²) in [7, 11) is 0. The SMILES string of the molecule is O=C(NC(Cc1c[nH]c2ccccc12)C(=O)Nc1ccc(F)c(F)c1)c1ccccc1Cl. The van der Waals surface area contributed by atoms with Crippen LogP contribution < -0.4 is 10.6 Å². The fourth-order valence-electron chi connectivity index (χ4n) is 3.41. The summed E-state index contributed by atoms with van der Waals surface area (Å²) in [5.74, 6) is -3.22. The van der Waals surface area contributed by atoms with Gasteiger partial charge in [-0.2, -0.15) is 0 Å². The molecule has 0 saturated heterocycles. The highest BCUT2D eigenvalue weighted by molar-refractivity contribution is 6.33. The third kappa shape index (κ3) is 4.63. The third-order valence-corrected chi connectivity index (χ3v) is 5.36. The first kappa shape index (κ1) is 21.5. The highest BCUT2D eigenvalue weighted by Crippen LogP contribution is 2.21. The van der Waals surface area contributed by atoms with Gasteiger partial charge in [0.2, 0.25) is 5.91 Å². The lowest BCUT2D eigenvalue weighted by Crippen LogP contribution is -2.45. The monoisotopic (exact) mass is 453 g/mol. The fraction of sp³-hybridized carbons (Fsp3) is 0.0833. The predicted molar refractivity (Wildman–Crippen MR) is 120 cm³/mol. The van der Waals surface area contributed by atoms with Crippen LogP contribution >= 0.6 is 11.6 Å². The number of H-pyrrole nitrogens is 1. The first-order valence-electron chi connectivity index (χ1n) is 9.78. The molecular weight excluding hydrogens is 436 g/mol. The second-order valence-corrected chi connectivity index (χ2v) is 7.59. The molecule has 162 valence electrons. The number of fused-ring (bicyclic) bond motifs is 1. The summed E-state index contributed by atoms with van der Waals surface area (Å²) in [5.41, 5.74) is 1.99. The molecule has 0 aliphatic heterocycles. The molecule has 3 N–H and O–H groups in total. The van der Waals surface area contributed by atoms with Crippen molar-refractivity contribution in [2.45, 2.75) is 12.5 Å². The van der Waals surface area contributed by atoms with Gasteiger partial charge in [0.05, 0.1) is 10.6 Å². The predicted octanol–water partition coefficient (Wildman–Crippen LogP) is 5.08. The van der Waals surface area contributed by atoms with E-state index in [9.17, 15) is 18.4 Å². The van der Waals surface area contributed by atoms with Crippen molar-refractivity contribution in [3.63, 3.8) is 0 Å². The van der Waals surface area contributed by atoms with Gasteiger partial charge in [0.15, 0.2) is 11.6 Å². The van der Waals surface area contributed by atoms with Crippen LogP contribution in [0.25, 0.3) is 10.9 Å². The molecule has 0 fully saturated rings. The minimum absolute atomic E-state index is 0.0739. The second kappa shape index (κ2) is 9.20. The Hall–Kier alpha value is -3.71. The summed E-state index contributed by atoms with van der Waals surface area (Å²) >= 11 is 6.12. The average Bonchev–Trinajstić information content (AvgIpc) is 3.19. The van der Waals surface area contributed by atoms with Crippen molar-refractivity contribution < 1.29 is 18.4 Å². The van der Waals surface area contributed by atoms with E-state index in [1.54, 1.807) is 30.5 Å². The molecule has 2 amide bonds. The fourth-order valence-corrected chi connectivity index (χ4v) is 3.64. The molecule has 0 bridgehead atoms. The van der Waals surface area contributed by atoms with Gasteiger partial charge in [0.25, 0.3) is 5.91 Å². The summed E-state index contributed by atoms with van der Waals surface area (Å²) in [4.78, 5) is 29.0. The molecule has 0 spiro atoms. The van der Waals surface area contributed by atoms with E-state index in [0.29, 0.717) is 0 Å². The minimum atomic E-state index is -1.09. The molecule has 1 unspecified atom stereocenters. The molecule has 1 heterocycles. The zero-order chi connectivity index (χ0) is 22.7. The van der Waals surface area contributed by atoms with Crippen molar-refractivity contribution in [3.8, 4) is 0 Å². The van der Waals surface area contributed by atoms with Gasteiger partial charge in [0.1, 0.15) is 6.04 Å². The van der Waals surface area contributed by atoms with Gasteiger partial charge >= 0.3 is 0 Å². The maximum absolute atomic E-state index is 13.6. The van der Waals surface area contributed by atoms with Gasteiger partial charge in [0, 0.05) is 35.3 Å². The van der Waals surface area contributed by atoms with Gasteiger partial charge in [-0.15, -0.1) is 0 Å². The second-order valence-electron chi connectivity index (χ2n) is 7.19. The molecule has 0 aliphatic carbocycles. The van der Waals surface area contributed by atoms with Crippen molar-refractivity contribution >= 4 is 40.0 Å². The smallest absolute Gasteiger partial charge is 0.253 e. The number of amides is 2. The first-order chi connectivity index (χ1) is 15.4. The van der Waals surface area contributed by atoms with Crippen LogP contribution in [0.5, 0.6) is 0 Å². The lowest BCUT2D eigenvalue weighted by molar-refractivity contribution is -0.118. The number of carbonyl (C=O) groups is 2. The standard InChI is InChI=1S/C24H18ClF2N3O2/c25-18-7-3-1-6-17(18)23(31)30-22(11-14-13-28-21-8-4-2-5-16(14)21)24(32)29-15-9-10-19(26)20(27)12-15/h1-10,12-13,22,28H,11H2,(H,29,32)(H,30,31). The van der Waals surface area contributed by atoms with E-state index >= 15 is 0 Å². The van der Waals surface area contributed by atoms with Crippen LogP contribution in [0.15, 0.2) is 72.9 Å². The average molecular weight is 454 g/mol. The number of halogens is 3. The number of nitrogens with one attached hydrogen (secondary N) is 3. The lowest BCUT2D eigenvalue weighted by atomic mass is 10.0. The molecule has 4 aromatic rings. The molecule has 0 aliphatic rings. The molecule has 32 heavy (non-hydrogen) atoms. The largest absolute Gasteiger partial charge is 0.361 e. The van der Waals surface area contributed by atoms with E-state index < -0.39 is 29.5 Å². The van der Waals surface area contributed by atoms with E-state index in [1.807, 2.05) is 24.3 Å². The Morgan fingerprint density at radius 1 is 0.969 bits per heavy atom. The summed E-state index contributed by atoms with van der Waals surface area (Å²) < 4.78 is 26.8. The van der Waals surface area contributed by atoms with Gasteiger partial charge < -0.3 is 15.6 Å². The number of para-hydroxylation sites is 1. The Labute approximate surface area is 187 Å². The highest BCUT2D eigenvalue weighted by atomic mass is 35.5. The molecule has 0 saturated carbocycles. The number of carbonyl (C=O) groups excluding carboxylic acids is 2. The van der Waals surface area contributed by atoms with Crippen molar-refractivity contribution in [3.05, 3.63) is 101 Å². The van der Waals surface area contributed by atoms with Crippen LogP contribution in [-0.4, -0.2) is 22.8 Å². The molecule has 1 atom stereocenters. The number of hydrogen-bond acceptors (Lipinski definition) is 2. The zero-order valence-electron chi connectivity index (χ0n) is 16.7. The molecule has 4 rings (SSSR count). The molecule has 5 nitrogen and oxygen atoms in total. The molecule has 3 aromatic carbocycles. The van der Waals surface area contributed by atoms with Crippen LogP contribution in [-0.2, 0) is 11.2 Å². The van der Waals surface area contributed by atoms with Gasteiger partial charge in [-0.25, -0.2) is 8.78 Å². The van der Waals surface area contributed by atoms with Crippen molar-refractivity contribution in [1.82, 2.24) is 10.3 Å². The third-order valence-electron chi connectivity index (χ3n) is 5.03. The number of aromatic amines is 1. The topological polar surface area (TPSA) is 74.0 Å². The van der Waals surface area contributed by atoms with E-state index in [4.69, 9.17) is 11.6 Å². The minimum Gasteiger partial charge on any atom is -0.361 e. The molecular formula is C24H18ClF2N3O2. The highest BCUT2D eigenvalue weighted by Gasteiger charge is 2.24. The van der Waals surface area contributed by atoms with E-state index in [2.05, 4.69) is 15.6 Å². The Balaban J connectivity index is 1.62. The molecule has 8 heteroatoms. The van der Waals surface area contributed by atoms with E-state index in [0.717, 1.165) is 28.6 Å². The summed E-state index contributed by atoms with van der Waals surface area (Å²) in [6.07, 6.45) is 1.93. The van der Waals surface area contributed by atoms with Crippen LogP contribution in [0.1, 0.15) is 15.9 Å². The summed E-state index contributed by atoms with van der Waals surface area (Å²) in [6, 6.07) is 16.1. The van der Waals surface area contributed by atoms with Crippen molar-refractivity contribution in [2.24, 2.45) is 0 Å². The Bertz CT molecular complexity index is 1310. The Morgan fingerprint density at radius 2 is 1.72 bits per heavy atom. The van der Waals surface area contributed by atoms with E-state index in [-0.39, 0.29) is 22.7 Å². The van der Waals surface area contributed by atoms with Crippen LogP contribution in [0.2, 0.25) is 5.02 Å². The number of hydrogen-bond donors (Lipinski definition) is 3. The quantitative estimate of drug-likeness (QED) is 0.381. The van der Waals surface area contributed by atoms with Crippen LogP contribution in [0, 0.1) is 11.6 Å². The number of benzene rings is 3. The maximum Gasteiger partial charge on any atom is 0.253 e. The van der Waals surface area contributed by atoms with Crippen LogP contribution in [0.3, 0.4) is 0 Å². The van der Waals surface area contributed by atoms with Gasteiger partial charge in [-0.1, -0.05) is 41.9 Å². The van der Waals surface area contributed by atoms with Gasteiger partial charge in [-0.05, 0) is 35.9 Å². The van der Waals surface area contributed by atoms with Gasteiger partial charge in [-0.3, -0.25) is 9.59 Å². The molecule has 1 aromatic heterocycles.